The van der Waals surface area contributed by atoms with E-state index < -0.39 is 0 Å². The Labute approximate surface area is 123 Å². The Hall–Kier alpha value is -1.61. The van der Waals surface area contributed by atoms with Crippen molar-refractivity contribution in [1.82, 2.24) is 10.3 Å². The van der Waals surface area contributed by atoms with Gasteiger partial charge >= 0.3 is 0 Å². The van der Waals surface area contributed by atoms with E-state index in [0.717, 1.165) is 18.0 Å². The Kier molecular flexibility index (Phi) is 4.00. The average Bonchev–Trinajstić information content (AvgIpc) is 2.80. The highest BCUT2D eigenvalue weighted by molar-refractivity contribution is 7.15. The predicted molar refractivity (Wildman–Crippen MR) is 79.5 cm³/mol. The molecule has 1 aliphatic carbocycles. The van der Waals surface area contributed by atoms with Crippen LogP contribution in [0.5, 0.6) is 0 Å². The van der Waals surface area contributed by atoms with Crippen molar-refractivity contribution in [3.8, 4) is 6.19 Å². The van der Waals surface area contributed by atoms with Gasteiger partial charge in [0.2, 0.25) is 5.91 Å². The van der Waals surface area contributed by atoms with E-state index in [1.54, 1.807) is 23.3 Å². The third-order valence-corrected chi connectivity index (χ3v) is 5.11. The monoisotopic (exact) mass is 292 g/mol. The first-order valence-electron chi connectivity index (χ1n) is 6.71. The van der Waals surface area contributed by atoms with E-state index in [1.807, 2.05) is 12.4 Å². The van der Waals surface area contributed by atoms with Gasteiger partial charge in [0, 0.05) is 30.1 Å². The number of anilines is 1. The number of thiazole rings is 1. The van der Waals surface area contributed by atoms with E-state index in [0.29, 0.717) is 0 Å². The molecule has 1 aromatic heterocycles. The maximum Gasteiger partial charge on any atom is 0.231 e. The van der Waals surface area contributed by atoms with Gasteiger partial charge in [-0.3, -0.25) is 9.69 Å². The second kappa shape index (κ2) is 5.41. The van der Waals surface area contributed by atoms with Crippen molar-refractivity contribution in [3.05, 3.63) is 11.1 Å². The lowest BCUT2D eigenvalue weighted by molar-refractivity contribution is -0.125. The largest absolute Gasteiger partial charge is 0.321 e. The van der Waals surface area contributed by atoms with Crippen LogP contribution in [0.2, 0.25) is 0 Å². The third-order valence-electron chi connectivity index (χ3n) is 3.61. The fourth-order valence-corrected chi connectivity index (χ4v) is 3.10. The second-order valence-electron chi connectivity index (χ2n) is 6.28. The molecular formula is C14H20N4OS. The summed E-state index contributed by atoms with van der Waals surface area (Å²) in [5, 5.41) is 12.0. The maximum atomic E-state index is 12.3. The van der Waals surface area contributed by atoms with Gasteiger partial charge in [0.25, 0.3) is 0 Å². The number of nitriles is 1. The summed E-state index contributed by atoms with van der Waals surface area (Å²) in [6.45, 7) is 6.41. The van der Waals surface area contributed by atoms with Crippen molar-refractivity contribution in [2.75, 3.05) is 11.9 Å². The maximum absolute atomic E-state index is 12.3. The number of carbonyl (C=O) groups excluding carboxylic acids is 1. The fraction of sp³-hybridized carbons (Fsp3) is 0.643. The molecule has 1 saturated carbocycles. The van der Waals surface area contributed by atoms with Crippen LogP contribution in [0.25, 0.3) is 0 Å². The average molecular weight is 292 g/mol. The molecule has 0 bridgehead atoms. The van der Waals surface area contributed by atoms with E-state index >= 15 is 0 Å². The Balaban J connectivity index is 1.98. The van der Waals surface area contributed by atoms with Crippen molar-refractivity contribution < 1.29 is 4.79 Å². The van der Waals surface area contributed by atoms with E-state index in [2.05, 4.69) is 31.1 Å². The third kappa shape index (κ3) is 2.93. The lowest BCUT2D eigenvalue weighted by atomic mass is 9.79. The highest BCUT2D eigenvalue weighted by Gasteiger charge is 2.37. The van der Waals surface area contributed by atoms with Crippen LogP contribution in [0, 0.1) is 17.4 Å². The van der Waals surface area contributed by atoms with E-state index in [1.165, 1.54) is 4.88 Å². The van der Waals surface area contributed by atoms with Crippen LogP contribution in [-0.4, -0.2) is 24.0 Å². The molecule has 5 nitrogen and oxygen atoms in total. The molecule has 1 fully saturated rings. The Morgan fingerprint density at radius 1 is 1.55 bits per heavy atom. The van der Waals surface area contributed by atoms with Gasteiger partial charge in [0.05, 0.1) is 0 Å². The molecule has 1 aromatic rings. The quantitative estimate of drug-likeness (QED) is 0.685. The summed E-state index contributed by atoms with van der Waals surface area (Å²) in [6.07, 6.45) is 5.24. The lowest BCUT2D eigenvalue weighted by Gasteiger charge is -2.34. The summed E-state index contributed by atoms with van der Waals surface area (Å²) in [7, 11) is 1.78. The molecule has 20 heavy (non-hydrogen) atoms. The van der Waals surface area contributed by atoms with Crippen LogP contribution in [0.1, 0.15) is 38.5 Å². The number of amides is 1. The standard InChI is InChI=1S/C14H20N4OS/c1-14(2,3)11-7-16-13(20-11)18(4)12(19)9-5-10(6-9)17-8-15/h7,9-10,17H,5-6H2,1-4H3/t9-,10-. The Bertz CT molecular complexity index is 534. The molecule has 0 radical (unpaired) electrons. The minimum absolute atomic E-state index is 0.00726. The number of nitrogens with zero attached hydrogens (tertiary/aromatic N) is 3. The zero-order chi connectivity index (χ0) is 14.9. The van der Waals surface area contributed by atoms with Crippen LogP contribution >= 0.6 is 11.3 Å². The summed E-state index contributed by atoms with van der Waals surface area (Å²) in [5.74, 6) is 0.101. The number of carbonyl (C=O) groups is 1. The van der Waals surface area contributed by atoms with Crippen molar-refractivity contribution in [1.29, 1.82) is 5.26 Å². The molecule has 108 valence electrons. The normalized spacial score (nSPS) is 21.8. The van der Waals surface area contributed by atoms with Gasteiger partial charge in [0.15, 0.2) is 11.3 Å². The molecule has 0 unspecified atom stereocenters. The van der Waals surface area contributed by atoms with E-state index in [4.69, 9.17) is 5.26 Å². The van der Waals surface area contributed by atoms with Gasteiger partial charge in [-0.15, -0.1) is 11.3 Å². The topological polar surface area (TPSA) is 69.0 Å². The van der Waals surface area contributed by atoms with Gasteiger partial charge < -0.3 is 5.32 Å². The number of hydrogen-bond acceptors (Lipinski definition) is 5. The predicted octanol–water partition coefficient (Wildman–Crippen LogP) is 2.25. The molecular weight excluding hydrogens is 272 g/mol. The van der Waals surface area contributed by atoms with Crippen molar-refractivity contribution in [3.63, 3.8) is 0 Å². The van der Waals surface area contributed by atoms with Gasteiger partial charge in [-0.05, 0) is 18.3 Å². The number of hydrogen-bond donors (Lipinski definition) is 1. The fourth-order valence-electron chi connectivity index (χ4n) is 2.16. The van der Waals surface area contributed by atoms with Crippen LogP contribution < -0.4 is 10.2 Å². The van der Waals surface area contributed by atoms with Gasteiger partial charge in [0.1, 0.15) is 0 Å². The minimum Gasteiger partial charge on any atom is -0.321 e. The Morgan fingerprint density at radius 3 is 2.70 bits per heavy atom. The van der Waals surface area contributed by atoms with Crippen LogP contribution in [0.15, 0.2) is 6.20 Å². The first-order chi connectivity index (χ1) is 9.32. The molecule has 0 atom stereocenters. The van der Waals surface area contributed by atoms with Crippen molar-refractivity contribution in [2.45, 2.75) is 45.1 Å². The molecule has 2 rings (SSSR count). The molecule has 0 aromatic carbocycles. The summed E-state index contributed by atoms with van der Waals surface area (Å²) >= 11 is 1.57. The molecule has 0 saturated heterocycles. The highest BCUT2D eigenvalue weighted by atomic mass is 32.1. The molecule has 1 amide bonds. The van der Waals surface area contributed by atoms with Crippen LogP contribution in [0.3, 0.4) is 0 Å². The van der Waals surface area contributed by atoms with Crippen molar-refractivity contribution >= 4 is 22.4 Å². The molecule has 1 N–H and O–H groups in total. The van der Waals surface area contributed by atoms with E-state index in [-0.39, 0.29) is 23.3 Å². The second-order valence-corrected chi connectivity index (χ2v) is 7.28. The zero-order valence-electron chi connectivity index (χ0n) is 12.3. The smallest absolute Gasteiger partial charge is 0.231 e. The molecule has 0 spiro atoms. The van der Waals surface area contributed by atoms with Gasteiger partial charge in [-0.1, -0.05) is 20.8 Å². The molecule has 6 heteroatoms. The lowest BCUT2D eigenvalue weighted by Crippen LogP contribution is -2.46. The summed E-state index contributed by atoms with van der Waals surface area (Å²) in [4.78, 5) is 19.5. The summed E-state index contributed by atoms with van der Waals surface area (Å²) in [6, 6.07) is 0.156. The number of rotatable bonds is 3. The number of nitrogens with one attached hydrogen (secondary N) is 1. The molecule has 1 aliphatic rings. The molecule has 1 heterocycles. The van der Waals surface area contributed by atoms with Gasteiger partial charge in [-0.2, -0.15) is 5.26 Å². The summed E-state index contributed by atoms with van der Waals surface area (Å²) < 4.78 is 0. The van der Waals surface area contributed by atoms with Crippen LogP contribution in [0.4, 0.5) is 5.13 Å². The zero-order valence-corrected chi connectivity index (χ0v) is 13.1. The van der Waals surface area contributed by atoms with Crippen LogP contribution in [-0.2, 0) is 10.2 Å². The summed E-state index contributed by atoms with van der Waals surface area (Å²) in [5.41, 5.74) is 0.0537. The van der Waals surface area contributed by atoms with Crippen molar-refractivity contribution in [2.24, 2.45) is 5.92 Å². The van der Waals surface area contributed by atoms with E-state index in [9.17, 15) is 4.79 Å². The first-order valence-corrected chi connectivity index (χ1v) is 7.53. The number of aromatic nitrogens is 1. The minimum atomic E-state index is 0.00726. The highest BCUT2D eigenvalue weighted by Crippen LogP contribution is 2.34. The molecule has 0 aliphatic heterocycles. The van der Waals surface area contributed by atoms with Gasteiger partial charge in [-0.25, -0.2) is 4.98 Å². The Morgan fingerprint density at radius 2 is 2.20 bits per heavy atom. The first kappa shape index (κ1) is 14.8. The SMILES string of the molecule is CN(c1ncc(C(C)(C)C)s1)C(=O)[C@H]1C[C@H](NC#N)C1.